The van der Waals surface area contributed by atoms with Crippen molar-refractivity contribution in [1.29, 1.82) is 0 Å². The number of benzene rings is 1. The Kier molecular flexibility index (Phi) is 5.01. The molecular weight excluding hydrogens is 289 g/mol. The monoisotopic (exact) mass is 301 g/mol. The minimum Gasteiger partial charge on any atom is -0.390 e. The lowest BCUT2D eigenvalue weighted by Crippen LogP contribution is -2.21. The van der Waals surface area contributed by atoms with Crippen LogP contribution in [0.25, 0.3) is 11.4 Å². The fraction of sp³-hybridized carbons (Fsp3) is 0.333. The van der Waals surface area contributed by atoms with Crippen LogP contribution in [0.4, 0.5) is 5.69 Å². The summed E-state index contributed by atoms with van der Waals surface area (Å²) in [6, 6.07) is 7.47. The van der Waals surface area contributed by atoms with Crippen molar-refractivity contribution in [2.75, 3.05) is 17.7 Å². The number of alkyl halides is 2. The average Bonchev–Trinajstić information content (AvgIpc) is 2.93. The van der Waals surface area contributed by atoms with E-state index in [1.165, 1.54) is 0 Å². The fourth-order valence-electron chi connectivity index (χ4n) is 1.53. The van der Waals surface area contributed by atoms with Gasteiger partial charge in [-0.25, -0.2) is 0 Å². The number of hydrogen-bond acceptors (Lipinski definition) is 5. The molecule has 2 aromatic rings. The van der Waals surface area contributed by atoms with Gasteiger partial charge in [-0.2, -0.15) is 4.98 Å². The summed E-state index contributed by atoms with van der Waals surface area (Å²) in [5.41, 5.74) is 1.58. The highest BCUT2D eigenvalue weighted by Crippen LogP contribution is 2.25. The van der Waals surface area contributed by atoms with Crippen LogP contribution in [0.1, 0.15) is 5.89 Å². The first-order chi connectivity index (χ1) is 9.24. The van der Waals surface area contributed by atoms with Crippen LogP contribution in [0.15, 0.2) is 28.8 Å². The number of anilines is 1. The molecule has 19 heavy (non-hydrogen) atoms. The zero-order valence-corrected chi connectivity index (χ0v) is 11.5. The smallest absolute Gasteiger partial charge is 0.241 e. The second-order valence-electron chi connectivity index (χ2n) is 3.88. The summed E-state index contributed by atoms with van der Waals surface area (Å²) >= 11 is 11.2. The Labute approximate surface area is 120 Å². The van der Waals surface area contributed by atoms with Crippen LogP contribution in [0.5, 0.6) is 0 Å². The van der Waals surface area contributed by atoms with Gasteiger partial charge in [-0.15, -0.1) is 23.2 Å². The molecule has 1 atom stereocenters. The van der Waals surface area contributed by atoms with E-state index in [4.69, 9.17) is 27.7 Å². The summed E-state index contributed by atoms with van der Waals surface area (Å²) in [4.78, 5) is 4.17. The van der Waals surface area contributed by atoms with Crippen molar-refractivity contribution < 1.29 is 9.63 Å². The Bertz CT molecular complexity index is 533. The molecule has 0 amide bonds. The van der Waals surface area contributed by atoms with Crippen molar-refractivity contribution in [1.82, 2.24) is 10.1 Å². The van der Waals surface area contributed by atoms with Crippen LogP contribution < -0.4 is 5.32 Å². The number of hydrogen-bond donors (Lipinski definition) is 2. The molecule has 0 spiro atoms. The van der Waals surface area contributed by atoms with Crippen molar-refractivity contribution in [3.8, 4) is 11.4 Å². The van der Waals surface area contributed by atoms with E-state index in [0.717, 1.165) is 11.3 Å². The van der Waals surface area contributed by atoms with Gasteiger partial charge < -0.3 is 14.9 Å². The number of para-hydroxylation sites is 1. The van der Waals surface area contributed by atoms with E-state index in [2.05, 4.69) is 15.5 Å². The molecule has 0 saturated heterocycles. The molecular formula is C12H13Cl2N3O2. The van der Waals surface area contributed by atoms with E-state index in [1.807, 2.05) is 24.3 Å². The van der Waals surface area contributed by atoms with Crippen LogP contribution in [0, 0.1) is 0 Å². The molecule has 1 heterocycles. The molecule has 7 heteroatoms. The van der Waals surface area contributed by atoms with Crippen molar-refractivity contribution in [2.45, 2.75) is 12.0 Å². The van der Waals surface area contributed by atoms with Crippen molar-refractivity contribution in [3.63, 3.8) is 0 Å². The van der Waals surface area contributed by atoms with Crippen LogP contribution in [0.3, 0.4) is 0 Å². The molecule has 0 saturated carbocycles. The van der Waals surface area contributed by atoms with Gasteiger partial charge in [0.15, 0.2) is 0 Å². The zero-order chi connectivity index (χ0) is 13.7. The predicted octanol–water partition coefficient (Wildman–Crippen LogP) is 2.49. The number of rotatable bonds is 6. The summed E-state index contributed by atoms with van der Waals surface area (Å²) in [5.74, 6) is 1.17. The number of aromatic nitrogens is 2. The van der Waals surface area contributed by atoms with Gasteiger partial charge in [-0.3, -0.25) is 0 Å². The Morgan fingerprint density at radius 2 is 2.11 bits per heavy atom. The third-order valence-corrected chi connectivity index (χ3v) is 3.04. The maximum atomic E-state index is 9.46. The van der Waals surface area contributed by atoms with Crippen LogP contribution >= 0.6 is 23.2 Å². The molecule has 2 N–H and O–H groups in total. The normalized spacial score (nSPS) is 12.4. The molecule has 0 aliphatic heterocycles. The highest BCUT2D eigenvalue weighted by atomic mass is 35.5. The van der Waals surface area contributed by atoms with Gasteiger partial charge in [-0.1, -0.05) is 17.3 Å². The second-order valence-corrected chi connectivity index (χ2v) is 4.46. The van der Waals surface area contributed by atoms with E-state index in [1.54, 1.807) is 0 Å². The van der Waals surface area contributed by atoms with Crippen LogP contribution in [-0.2, 0) is 5.88 Å². The summed E-state index contributed by atoms with van der Waals surface area (Å²) in [6.45, 7) is 0.348. The topological polar surface area (TPSA) is 71.2 Å². The number of nitrogens with zero attached hydrogens (tertiary/aromatic N) is 2. The predicted molar refractivity (Wildman–Crippen MR) is 74.5 cm³/mol. The second kappa shape index (κ2) is 6.75. The molecule has 0 fully saturated rings. The van der Waals surface area contributed by atoms with E-state index < -0.39 is 6.10 Å². The molecule has 0 radical (unpaired) electrons. The average molecular weight is 302 g/mol. The Morgan fingerprint density at radius 1 is 1.32 bits per heavy atom. The summed E-state index contributed by atoms with van der Waals surface area (Å²) in [7, 11) is 0. The van der Waals surface area contributed by atoms with Gasteiger partial charge in [0.05, 0.1) is 12.0 Å². The maximum absolute atomic E-state index is 9.46. The molecule has 1 unspecified atom stereocenters. The van der Waals surface area contributed by atoms with E-state index >= 15 is 0 Å². The lowest BCUT2D eigenvalue weighted by atomic mass is 10.1. The largest absolute Gasteiger partial charge is 0.390 e. The van der Waals surface area contributed by atoms with Gasteiger partial charge in [-0.05, 0) is 12.1 Å². The van der Waals surface area contributed by atoms with Crippen LogP contribution in [0.2, 0.25) is 0 Å². The highest BCUT2D eigenvalue weighted by molar-refractivity contribution is 6.18. The first-order valence-electron chi connectivity index (χ1n) is 5.70. The molecule has 5 nitrogen and oxygen atoms in total. The Hall–Kier alpha value is -1.30. The lowest BCUT2D eigenvalue weighted by molar-refractivity contribution is 0.211. The molecule has 0 aliphatic rings. The minimum absolute atomic E-state index is 0.174. The van der Waals surface area contributed by atoms with E-state index in [-0.39, 0.29) is 11.8 Å². The van der Waals surface area contributed by atoms with Crippen molar-refractivity contribution >= 4 is 28.9 Å². The van der Waals surface area contributed by atoms with E-state index in [9.17, 15) is 5.11 Å². The third kappa shape index (κ3) is 3.59. The van der Waals surface area contributed by atoms with Gasteiger partial charge in [0.1, 0.15) is 5.88 Å². The molecule has 102 valence electrons. The minimum atomic E-state index is -0.613. The Morgan fingerprint density at radius 3 is 2.79 bits per heavy atom. The SMILES string of the molecule is OC(CCl)CNc1ccccc1-c1noc(CCl)n1. The number of aliphatic hydroxyl groups is 1. The number of halogens is 2. The molecule has 1 aromatic carbocycles. The number of nitrogens with one attached hydrogen (secondary N) is 1. The molecule has 0 bridgehead atoms. The highest BCUT2D eigenvalue weighted by Gasteiger charge is 2.12. The molecule has 2 rings (SSSR count). The van der Waals surface area contributed by atoms with E-state index in [0.29, 0.717) is 18.3 Å². The van der Waals surface area contributed by atoms with Crippen LogP contribution in [-0.4, -0.2) is 33.8 Å². The van der Waals surface area contributed by atoms with Crippen molar-refractivity contribution in [2.24, 2.45) is 0 Å². The zero-order valence-electron chi connectivity index (χ0n) is 10.0. The molecule has 0 aliphatic carbocycles. The first-order valence-corrected chi connectivity index (χ1v) is 6.77. The fourth-order valence-corrected chi connectivity index (χ4v) is 1.75. The van der Waals surface area contributed by atoms with Crippen molar-refractivity contribution in [3.05, 3.63) is 30.2 Å². The van der Waals surface area contributed by atoms with Gasteiger partial charge in [0.25, 0.3) is 0 Å². The van der Waals surface area contributed by atoms with Gasteiger partial charge in [0, 0.05) is 17.8 Å². The Balaban J connectivity index is 2.20. The van der Waals surface area contributed by atoms with Gasteiger partial charge in [0.2, 0.25) is 11.7 Å². The van der Waals surface area contributed by atoms with Gasteiger partial charge >= 0.3 is 0 Å². The summed E-state index contributed by atoms with van der Waals surface area (Å²) in [6.07, 6.45) is -0.613. The maximum Gasteiger partial charge on any atom is 0.241 e. The standard InChI is InChI=1S/C12H13Cl2N3O2/c13-5-8(18)7-15-10-4-2-1-3-9(10)12-16-11(6-14)19-17-12/h1-4,8,15,18H,5-7H2. The quantitative estimate of drug-likeness (QED) is 0.802. The summed E-state index contributed by atoms with van der Waals surface area (Å²) < 4.78 is 4.98. The third-order valence-electron chi connectivity index (χ3n) is 2.46. The summed E-state index contributed by atoms with van der Waals surface area (Å²) in [5, 5.41) is 16.4. The molecule has 1 aromatic heterocycles. The lowest BCUT2D eigenvalue weighted by Gasteiger charge is -2.12. The first kappa shape index (κ1) is 14.1. The number of aliphatic hydroxyl groups excluding tert-OH is 1.